The van der Waals surface area contributed by atoms with Gasteiger partial charge in [0, 0.05) is 43.6 Å². The van der Waals surface area contributed by atoms with Crippen molar-refractivity contribution in [1.82, 2.24) is 15.5 Å². The first kappa shape index (κ1) is 16.1. The number of rotatable bonds is 4. The second-order valence-electron chi connectivity index (χ2n) is 7.94. The van der Waals surface area contributed by atoms with E-state index in [9.17, 15) is 0 Å². The van der Waals surface area contributed by atoms with Gasteiger partial charge >= 0.3 is 0 Å². The second-order valence-corrected chi connectivity index (χ2v) is 7.94. The van der Waals surface area contributed by atoms with Crippen LogP contribution in [-0.4, -0.2) is 61.3 Å². The highest BCUT2D eigenvalue weighted by Crippen LogP contribution is 2.47. The zero-order valence-corrected chi connectivity index (χ0v) is 14.6. The van der Waals surface area contributed by atoms with Crippen LogP contribution in [0.5, 0.6) is 0 Å². The normalized spacial score (nSPS) is 34.4. The van der Waals surface area contributed by atoms with Crippen molar-refractivity contribution >= 4 is 5.96 Å². The third kappa shape index (κ3) is 3.40. The van der Waals surface area contributed by atoms with Crippen LogP contribution in [0, 0.1) is 11.8 Å². The van der Waals surface area contributed by atoms with E-state index >= 15 is 0 Å². The Bertz CT molecular complexity index is 399. The maximum Gasteiger partial charge on any atom is 0.193 e. The molecule has 3 rings (SSSR count). The zero-order chi connectivity index (χ0) is 15.7. The molecule has 5 nitrogen and oxygen atoms in total. The first-order valence-electron chi connectivity index (χ1n) is 8.91. The Labute approximate surface area is 134 Å². The molecule has 3 heterocycles. The van der Waals surface area contributed by atoms with Crippen LogP contribution in [0.4, 0.5) is 0 Å². The van der Waals surface area contributed by atoms with Crippen LogP contribution in [0.1, 0.15) is 40.5 Å². The van der Waals surface area contributed by atoms with Gasteiger partial charge in [-0.3, -0.25) is 4.99 Å². The molecule has 3 aliphatic rings. The molecule has 3 saturated heterocycles. The van der Waals surface area contributed by atoms with Gasteiger partial charge in [0.05, 0.1) is 18.8 Å². The Morgan fingerprint density at radius 1 is 1.18 bits per heavy atom. The van der Waals surface area contributed by atoms with E-state index in [1.165, 1.54) is 12.8 Å². The monoisotopic (exact) mass is 308 g/mol. The molecule has 0 spiro atoms. The van der Waals surface area contributed by atoms with Gasteiger partial charge < -0.3 is 20.3 Å². The highest BCUT2D eigenvalue weighted by atomic mass is 16.5. The van der Waals surface area contributed by atoms with Crippen molar-refractivity contribution in [2.45, 2.75) is 58.3 Å². The van der Waals surface area contributed by atoms with E-state index in [-0.39, 0.29) is 5.54 Å². The smallest absolute Gasteiger partial charge is 0.193 e. The lowest BCUT2D eigenvalue weighted by Crippen LogP contribution is -2.42. The van der Waals surface area contributed by atoms with Gasteiger partial charge in [-0.05, 0) is 40.5 Å². The average Bonchev–Trinajstić information content (AvgIpc) is 3.11. The Morgan fingerprint density at radius 3 is 2.36 bits per heavy atom. The topological polar surface area (TPSA) is 48.9 Å². The van der Waals surface area contributed by atoms with Gasteiger partial charge in [0.1, 0.15) is 0 Å². The maximum absolute atomic E-state index is 6.07. The fourth-order valence-corrected chi connectivity index (χ4v) is 4.15. The van der Waals surface area contributed by atoms with Crippen LogP contribution in [0.25, 0.3) is 0 Å². The Balaban J connectivity index is 1.55. The minimum absolute atomic E-state index is 0.162. The van der Waals surface area contributed by atoms with Crippen molar-refractivity contribution in [3.8, 4) is 0 Å². The molecule has 3 fully saturated rings. The minimum atomic E-state index is 0.162. The first-order valence-corrected chi connectivity index (χ1v) is 8.91. The number of hydrogen-bond acceptors (Lipinski definition) is 3. The summed E-state index contributed by atoms with van der Waals surface area (Å²) in [6, 6.07) is 0. The lowest BCUT2D eigenvalue weighted by Gasteiger charge is -2.24. The molecule has 3 aliphatic heterocycles. The van der Waals surface area contributed by atoms with E-state index in [1.807, 2.05) is 0 Å². The highest BCUT2D eigenvalue weighted by Gasteiger charge is 2.53. The Morgan fingerprint density at radius 2 is 1.82 bits per heavy atom. The van der Waals surface area contributed by atoms with Gasteiger partial charge in [-0.25, -0.2) is 0 Å². The molecule has 0 amide bonds. The molecule has 0 radical (unpaired) electrons. The number of likely N-dealkylation sites (tertiary alicyclic amines) is 1. The molecular formula is C17H32N4O. The number of nitrogens with zero attached hydrogens (tertiary/aromatic N) is 2. The molecule has 0 aromatic heterocycles. The Hall–Kier alpha value is -0.810. The maximum atomic E-state index is 6.07. The molecule has 0 aromatic rings. The van der Waals surface area contributed by atoms with Crippen LogP contribution < -0.4 is 10.6 Å². The van der Waals surface area contributed by atoms with Gasteiger partial charge in [-0.15, -0.1) is 0 Å². The fraction of sp³-hybridized carbons (Fsp3) is 0.941. The van der Waals surface area contributed by atoms with E-state index < -0.39 is 0 Å². The molecule has 2 bridgehead atoms. The van der Waals surface area contributed by atoms with Crippen LogP contribution in [0.3, 0.4) is 0 Å². The van der Waals surface area contributed by atoms with Crippen molar-refractivity contribution < 1.29 is 4.74 Å². The Kier molecular flexibility index (Phi) is 4.64. The summed E-state index contributed by atoms with van der Waals surface area (Å²) in [5, 5.41) is 6.97. The van der Waals surface area contributed by atoms with E-state index in [4.69, 9.17) is 9.73 Å². The second kappa shape index (κ2) is 6.36. The summed E-state index contributed by atoms with van der Waals surface area (Å²) in [6.45, 7) is 13.6. The predicted octanol–water partition coefficient (Wildman–Crippen LogP) is 1.45. The van der Waals surface area contributed by atoms with Crippen LogP contribution in [-0.2, 0) is 4.74 Å². The van der Waals surface area contributed by atoms with Crippen molar-refractivity contribution in [3.63, 3.8) is 0 Å². The summed E-state index contributed by atoms with van der Waals surface area (Å²) in [5.41, 5.74) is 0.162. The predicted molar refractivity (Wildman–Crippen MR) is 90.2 cm³/mol. The van der Waals surface area contributed by atoms with Gasteiger partial charge in [-0.2, -0.15) is 0 Å². The molecule has 22 heavy (non-hydrogen) atoms. The third-order valence-electron chi connectivity index (χ3n) is 5.12. The standard InChI is InChI=1S/C17H32N4O/c1-5-18-16(19-8-9-20-17(2,3)4)21-10-12-13(11-21)15-7-6-14(12)22-15/h12-15,20H,5-11H2,1-4H3,(H,18,19). The quantitative estimate of drug-likeness (QED) is 0.469. The molecule has 0 aliphatic carbocycles. The number of hydrogen-bond donors (Lipinski definition) is 2. The SMILES string of the molecule is CCNC(=NCCNC(C)(C)C)N1CC2C3CCC(O3)C2C1. The summed E-state index contributed by atoms with van der Waals surface area (Å²) in [7, 11) is 0. The van der Waals surface area contributed by atoms with Crippen LogP contribution in [0.15, 0.2) is 4.99 Å². The summed E-state index contributed by atoms with van der Waals surface area (Å²) < 4.78 is 6.07. The van der Waals surface area contributed by atoms with Crippen LogP contribution in [0.2, 0.25) is 0 Å². The zero-order valence-electron chi connectivity index (χ0n) is 14.6. The molecular weight excluding hydrogens is 276 g/mol. The van der Waals surface area contributed by atoms with Gasteiger partial charge in [0.15, 0.2) is 5.96 Å². The number of nitrogens with one attached hydrogen (secondary N) is 2. The number of aliphatic imine (C=N–C) groups is 1. The van der Waals surface area contributed by atoms with Crippen molar-refractivity contribution in [2.75, 3.05) is 32.7 Å². The van der Waals surface area contributed by atoms with E-state index in [1.54, 1.807) is 0 Å². The van der Waals surface area contributed by atoms with E-state index in [0.717, 1.165) is 50.5 Å². The molecule has 4 unspecified atom stereocenters. The van der Waals surface area contributed by atoms with Gasteiger partial charge in [0.2, 0.25) is 0 Å². The summed E-state index contributed by atoms with van der Waals surface area (Å²) in [5.74, 6) is 2.55. The molecule has 126 valence electrons. The van der Waals surface area contributed by atoms with Crippen molar-refractivity contribution in [3.05, 3.63) is 0 Å². The largest absolute Gasteiger partial charge is 0.374 e. The molecule has 2 N–H and O–H groups in total. The minimum Gasteiger partial charge on any atom is -0.374 e. The highest BCUT2D eigenvalue weighted by molar-refractivity contribution is 5.80. The lowest BCUT2D eigenvalue weighted by atomic mass is 9.82. The van der Waals surface area contributed by atoms with Gasteiger partial charge in [-0.1, -0.05) is 0 Å². The summed E-state index contributed by atoms with van der Waals surface area (Å²) in [4.78, 5) is 7.29. The van der Waals surface area contributed by atoms with E-state index in [2.05, 4.69) is 43.2 Å². The van der Waals surface area contributed by atoms with Crippen molar-refractivity contribution in [1.29, 1.82) is 0 Å². The number of guanidine groups is 1. The number of ether oxygens (including phenoxy) is 1. The lowest BCUT2D eigenvalue weighted by molar-refractivity contribution is 0.0767. The van der Waals surface area contributed by atoms with Crippen molar-refractivity contribution in [2.24, 2.45) is 16.8 Å². The van der Waals surface area contributed by atoms with Gasteiger partial charge in [0.25, 0.3) is 0 Å². The fourth-order valence-electron chi connectivity index (χ4n) is 4.15. The van der Waals surface area contributed by atoms with E-state index in [0.29, 0.717) is 12.2 Å². The molecule has 5 heteroatoms. The summed E-state index contributed by atoms with van der Waals surface area (Å²) in [6.07, 6.45) is 3.57. The molecule has 0 aromatic carbocycles. The molecule has 4 atom stereocenters. The first-order chi connectivity index (χ1) is 10.5. The summed E-state index contributed by atoms with van der Waals surface area (Å²) >= 11 is 0. The van der Waals surface area contributed by atoms with Crippen LogP contribution >= 0.6 is 0 Å². The molecule has 0 saturated carbocycles. The number of fused-ring (bicyclic) bond motifs is 5. The average molecular weight is 308 g/mol. The third-order valence-corrected chi connectivity index (χ3v) is 5.12.